The number of piperidine rings is 2. The van der Waals surface area contributed by atoms with Gasteiger partial charge in [-0.2, -0.15) is 0 Å². The van der Waals surface area contributed by atoms with Crippen molar-refractivity contribution in [1.29, 1.82) is 0 Å². The molecule has 3 N–H and O–H groups in total. The van der Waals surface area contributed by atoms with Crippen LogP contribution in [0.5, 0.6) is 0 Å². The number of benzene rings is 1. The van der Waals surface area contributed by atoms with Gasteiger partial charge in [0.15, 0.2) is 0 Å². The third kappa shape index (κ3) is 5.22. The number of halogens is 2. The van der Waals surface area contributed by atoms with E-state index in [1.54, 1.807) is 0 Å². The van der Waals surface area contributed by atoms with Crippen LogP contribution in [0, 0.1) is 11.6 Å². The molecule has 4 rings (SSSR count). The van der Waals surface area contributed by atoms with Gasteiger partial charge in [0.2, 0.25) is 11.8 Å². The molecule has 1 atom stereocenters. The van der Waals surface area contributed by atoms with Gasteiger partial charge >= 0.3 is 0 Å². The number of likely N-dealkylation sites (tertiary alicyclic amines) is 1. The van der Waals surface area contributed by atoms with E-state index in [1.807, 2.05) is 4.90 Å². The summed E-state index contributed by atoms with van der Waals surface area (Å²) in [5, 5.41) is 2.20. The standard InChI is InChI=1S/C22H31F2N5O2/c23-18-14-20(19(24)13-17(18)16-1-2-21(30)26-22(16)31)29-11-9-28(10-12-29)8-7-27-5-3-15(25)4-6-27/h13-16H,1-12,25H2,(H,26,30,31). The predicted molar refractivity (Wildman–Crippen MR) is 114 cm³/mol. The zero-order chi connectivity index (χ0) is 22.0. The number of hydrogen-bond acceptors (Lipinski definition) is 6. The first kappa shape index (κ1) is 22.1. The number of anilines is 1. The summed E-state index contributed by atoms with van der Waals surface area (Å²) < 4.78 is 29.6. The second kappa shape index (κ2) is 9.58. The van der Waals surface area contributed by atoms with Crippen LogP contribution in [-0.2, 0) is 9.59 Å². The van der Waals surface area contributed by atoms with E-state index >= 15 is 0 Å². The summed E-state index contributed by atoms with van der Waals surface area (Å²) in [4.78, 5) is 30.0. The van der Waals surface area contributed by atoms with Gasteiger partial charge in [-0.1, -0.05) is 0 Å². The van der Waals surface area contributed by atoms with Crippen molar-refractivity contribution in [3.63, 3.8) is 0 Å². The monoisotopic (exact) mass is 435 g/mol. The highest BCUT2D eigenvalue weighted by molar-refractivity contribution is 6.01. The molecule has 3 heterocycles. The summed E-state index contributed by atoms with van der Waals surface area (Å²) >= 11 is 0. The molecule has 3 aliphatic heterocycles. The third-order valence-electron chi connectivity index (χ3n) is 6.76. The van der Waals surface area contributed by atoms with Crippen LogP contribution in [0.15, 0.2) is 12.1 Å². The topological polar surface area (TPSA) is 81.9 Å². The van der Waals surface area contributed by atoms with Crippen LogP contribution < -0.4 is 16.0 Å². The highest BCUT2D eigenvalue weighted by atomic mass is 19.1. The highest BCUT2D eigenvalue weighted by Crippen LogP contribution is 2.32. The molecule has 1 unspecified atom stereocenters. The Morgan fingerprint density at radius 3 is 2.19 bits per heavy atom. The summed E-state index contributed by atoms with van der Waals surface area (Å²) in [5.41, 5.74) is 6.21. The van der Waals surface area contributed by atoms with E-state index in [2.05, 4.69) is 15.1 Å². The third-order valence-corrected chi connectivity index (χ3v) is 6.76. The maximum Gasteiger partial charge on any atom is 0.234 e. The van der Waals surface area contributed by atoms with Crippen LogP contribution in [-0.4, -0.2) is 80.0 Å². The smallest absolute Gasteiger partial charge is 0.234 e. The van der Waals surface area contributed by atoms with E-state index < -0.39 is 23.5 Å². The van der Waals surface area contributed by atoms with Gasteiger partial charge in [-0.3, -0.25) is 19.8 Å². The van der Waals surface area contributed by atoms with Crippen molar-refractivity contribution in [3.05, 3.63) is 29.3 Å². The molecule has 3 fully saturated rings. The number of imide groups is 1. The van der Waals surface area contributed by atoms with E-state index in [0.29, 0.717) is 19.1 Å². The minimum Gasteiger partial charge on any atom is -0.367 e. The quantitative estimate of drug-likeness (QED) is 0.673. The number of nitrogens with one attached hydrogen (secondary N) is 1. The minimum absolute atomic E-state index is 0.0196. The van der Waals surface area contributed by atoms with Gasteiger partial charge in [-0.05, 0) is 38.4 Å². The highest BCUT2D eigenvalue weighted by Gasteiger charge is 2.31. The number of hydrogen-bond donors (Lipinski definition) is 2. The normalized spacial score (nSPS) is 24.5. The van der Waals surface area contributed by atoms with Gasteiger partial charge in [0.25, 0.3) is 0 Å². The Morgan fingerprint density at radius 2 is 1.55 bits per heavy atom. The van der Waals surface area contributed by atoms with Gasteiger partial charge in [0.05, 0.1) is 11.6 Å². The van der Waals surface area contributed by atoms with Gasteiger partial charge < -0.3 is 15.5 Å². The largest absolute Gasteiger partial charge is 0.367 e. The van der Waals surface area contributed by atoms with Gasteiger partial charge in [-0.15, -0.1) is 0 Å². The Morgan fingerprint density at radius 1 is 0.903 bits per heavy atom. The molecule has 0 saturated carbocycles. The molecule has 170 valence electrons. The lowest BCUT2D eigenvalue weighted by Gasteiger charge is -2.38. The molecule has 2 amide bonds. The Hall–Kier alpha value is -2.10. The second-order valence-electron chi connectivity index (χ2n) is 8.84. The molecule has 1 aromatic carbocycles. The lowest BCUT2D eigenvalue weighted by atomic mass is 9.90. The van der Waals surface area contributed by atoms with Crippen LogP contribution >= 0.6 is 0 Å². The van der Waals surface area contributed by atoms with Crippen molar-refractivity contribution < 1.29 is 18.4 Å². The molecule has 7 nitrogen and oxygen atoms in total. The van der Waals surface area contributed by atoms with Gasteiger partial charge in [-0.25, -0.2) is 8.78 Å². The Balaban J connectivity index is 1.33. The first-order chi connectivity index (χ1) is 14.9. The number of carbonyl (C=O) groups is 2. The van der Waals surface area contributed by atoms with Crippen molar-refractivity contribution in [2.24, 2.45) is 5.73 Å². The van der Waals surface area contributed by atoms with Crippen LogP contribution in [0.25, 0.3) is 0 Å². The fraction of sp³-hybridized carbons (Fsp3) is 0.636. The Labute approximate surface area is 181 Å². The number of nitrogens with two attached hydrogens (primary N) is 1. The zero-order valence-corrected chi connectivity index (χ0v) is 17.8. The molecular weight excluding hydrogens is 404 g/mol. The number of amides is 2. The minimum atomic E-state index is -0.831. The van der Waals surface area contributed by atoms with Crippen molar-refractivity contribution in [2.45, 2.75) is 37.6 Å². The average molecular weight is 436 g/mol. The molecule has 3 aliphatic rings. The Bertz CT molecular complexity index is 820. The number of piperazine rings is 1. The zero-order valence-electron chi connectivity index (χ0n) is 17.8. The fourth-order valence-corrected chi connectivity index (χ4v) is 4.72. The molecule has 0 bridgehead atoms. The predicted octanol–water partition coefficient (Wildman–Crippen LogP) is 1.03. The summed E-state index contributed by atoms with van der Waals surface area (Å²) in [6, 6.07) is 2.65. The second-order valence-corrected chi connectivity index (χ2v) is 8.84. The molecular formula is C22H31F2N5O2. The van der Waals surface area contributed by atoms with Crippen molar-refractivity contribution in [1.82, 2.24) is 15.1 Å². The molecule has 0 spiro atoms. The number of carbonyl (C=O) groups excluding carboxylic acids is 2. The summed E-state index contributed by atoms with van der Waals surface area (Å²) in [7, 11) is 0. The molecule has 1 aromatic rings. The molecule has 0 radical (unpaired) electrons. The molecule has 9 heteroatoms. The maximum absolute atomic E-state index is 14.9. The van der Waals surface area contributed by atoms with E-state index in [0.717, 1.165) is 58.2 Å². The van der Waals surface area contributed by atoms with Crippen LogP contribution in [0.4, 0.5) is 14.5 Å². The number of nitrogens with zero attached hydrogens (tertiary/aromatic N) is 3. The van der Waals surface area contributed by atoms with Crippen LogP contribution in [0.2, 0.25) is 0 Å². The van der Waals surface area contributed by atoms with Crippen molar-refractivity contribution >= 4 is 17.5 Å². The van der Waals surface area contributed by atoms with Crippen LogP contribution in [0.1, 0.15) is 37.2 Å². The van der Waals surface area contributed by atoms with Gasteiger partial charge in [0.1, 0.15) is 11.6 Å². The van der Waals surface area contributed by atoms with Crippen LogP contribution in [0.3, 0.4) is 0 Å². The lowest BCUT2D eigenvalue weighted by molar-refractivity contribution is -0.134. The number of rotatable bonds is 5. The summed E-state index contributed by atoms with van der Waals surface area (Å²) in [6.45, 7) is 6.91. The summed E-state index contributed by atoms with van der Waals surface area (Å²) in [6.07, 6.45) is 2.42. The summed E-state index contributed by atoms with van der Waals surface area (Å²) in [5.74, 6) is -2.90. The molecule has 3 saturated heterocycles. The SMILES string of the molecule is NC1CCN(CCN2CCN(c3cc(F)c(C4CCC(=O)NC4=O)cc3F)CC2)CC1. The molecule has 0 aromatic heterocycles. The van der Waals surface area contributed by atoms with E-state index in [1.165, 1.54) is 6.07 Å². The average Bonchev–Trinajstić information content (AvgIpc) is 2.75. The first-order valence-electron chi connectivity index (χ1n) is 11.2. The van der Waals surface area contributed by atoms with E-state index in [9.17, 15) is 18.4 Å². The molecule has 31 heavy (non-hydrogen) atoms. The molecule has 0 aliphatic carbocycles. The lowest BCUT2D eigenvalue weighted by Crippen LogP contribution is -2.49. The first-order valence-corrected chi connectivity index (χ1v) is 11.2. The van der Waals surface area contributed by atoms with Crippen molar-refractivity contribution in [3.8, 4) is 0 Å². The maximum atomic E-state index is 14.9. The van der Waals surface area contributed by atoms with E-state index in [-0.39, 0.29) is 30.0 Å². The fourth-order valence-electron chi connectivity index (χ4n) is 4.72. The Kier molecular flexibility index (Phi) is 6.83. The van der Waals surface area contributed by atoms with E-state index in [4.69, 9.17) is 5.73 Å². The van der Waals surface area contributed by atoms with Gasteiger partial charge in [0, 0.05) is 63.4 Å². The van der Waals surface area contributed by atoms with Crippen molar-refractivity contribution in [2.75, 3.05) is 57.3 Å².